The number of hydrogen-bond acceptors (Lipinski definition) is 4. The second-order valence-corrected chi connectivity index (χ2v) is 7.27. The van der Waals surface area contributed by atoms with Gasteiger partial charge >= 0.3 is 6.18 Å². The smallest absolute Gasteiger partial charge is 0.300 e. The van der Waals surface area contributed by atoms with Gasteiger partial charge < -0.3 is 0 Å². The molecule has 22 heavy (non-hydrogen) atoms. The Labute approximate surface area is 127 Å². The molecule has 126 valence electrons. The van der Waals surface area contributed by atoms with Gasteiger partial charge in [0.15, 0.2) is 5.69 Å². The van der Waals surface area contributed by atoms with Crippen molar-refractivity contribution in [3.05, 3.63) is 18.0 Å². The first kappa shape index (κ1) is 17.2. The van der Waals surface area contributed by atoms with Crippen LogP contribution in [0.5, 0.6) is 0 Å². The van der Waals surface area contributed by atoms with E-state index in [2.05, 4.69) is 9.82 Å². The number of nitrogens with zero attached hydrogens (tertiary/aromatic N) is 3. The molecule has 1 aromatic heterocycles. The number of hydrogen-bond donors (Lipinski definition) is 1. The Bertz CT molecular complexity index is 600. The van der Waals surface area contributed by atoms with Crippen LogP contribution in [0.2, 0.25) is 0 Å². The Balaban J connectivity index is 1.91. The Hall–Kier alpha value is -1.13. The Morgan fingerprint density at radius 1 is 1.45 bits per heavy atom. The summed E-state index contributed by atoms with van der Waals surface area (Å²) >= 11 is 0. The van der Waals surface area contributed by atoms with E-state index in [0.717, 1.165) is 31.7 Å². The van der Waals surface area contributed by atoms with E-state index in [1.54, 1.807) is 0 Å². The van der Waals surface area contributed by atoms with Crippen molar-refractivity contribution in [1.29, 1.82) is 0 Å². The van der Waals surface area contributed by atoms with Crippen molar-refractivity contribution < 1.29 is 21.6 Å². The highest BCUT2D eigenvalue weighted by atomic mass is 32.2. The number of alkyl halides is 3. The lowest BCUT2D eigenvalue weighted by molar-refractivity contribution is -0.141. The maximum Gasteiger partial charge on any atom is 0.435 e. The number of rotatable bonds is 5. The van der Waals surface area contributed by atoms with Crippen LogP contribution in [-0.2, 0) is 16.2 Å². The quantitative estimate of drug-likeness (QED) is 0.871. The maximum absolute atomic E-state index is 12.6. The molecule has 0 unspecified atom stereocenters. The van der Waals surface area contributed by atoms with E-state index in [1.807, 2.05) is 4.90 Å². The zero-order chi connectivity index (χ0) is 16.4. The van der Waals surface area contributed by atoms with Crippen LogP contribution in [0, 0.1) is 0 Å². The fraction of sp³-hybridized carbons (Fsp3) is 0.750. The van der Waals surface area contributed by atoms with Gasteiger partial charge in [-0.3, -0.25) is 9.58 Å². The third kappa shape index (κ3) is 4.96. The molecule has 0 spiro atoms. The van der Waals surface area contributed by atoms with Gasteiger partial charge in [-0.2, -0.15) is 18.3 Å². The highest BCUT2D eigenvalue weighted by molar-refractivity contribution is 7.88. The molecular formula is C12H19F3N4O2S. The average Bonchev–Trinajstić information content (AvgIpc) is 2.87. The number of sulfonamides is 1. The van der Waals surface area contributed by atoms with Crippen molar-refractivity contribution in [3.8, 4) is 0 Å². The highest BCUT2D eigenvalue weighted by Crippen LogP contribution is 2.29. The molecule has 1 aliphatic rings. The van der Waals surface area contributed by atoms with E-state index in [-0.39, 0.29) is 6.04 Å². The van der Waals surface area contributed by atoms with Gasteiger partial charge in [-0.1, -0.05) is 0 Å². The van der Waals surface area contributed by atoms with Crippen molar-refractivity contribution in [2.45, 2.75) is 25.1 Å². The summed E-state index contributed by atoms with van der Waals surface area (Å²) < 4.78 is 63.5. The molecule has 1 aliphatic heterocycles. The van der Waals surface area contributed by atoms with Crippen LogP contribution < -0.4 is 4.72 Å². The lowest BCUT2D eigenvalue weighted by Crippen LogP contribution is -2.41. The summed E-state index contributed by atoms with van der Waals surface area (Å²) in [5, 5.41) is 3.61. The maximum atomic E-state index is 12.6. The molecule has 0 saturated carbocycles. The zero-order valence-corrected chi connectivity index (χ0v) is 13.0. The molecule has 10 heteroatoms. The number of nitrogens with one attached hydrogen (secondary N) is 1. The van der Waals surface area contributed by atoms with E-state index in [4.69, 9.17) is 0 Å². The number of halogens is 3. The van der Waals surface area contributed by atoms with Crippen LogP contribution in [0.15, 0.2) is 12.3 Å². The summed E-state index contributed by atoms with van der Waals surface area (Å²) in [4.78, 5) is 2.03. The van der Waals surface area contributed by atoms with Gasteiger partial charge in [-0.25, -0.2) is 13.1 Å². The number of likely N-dealkylation sites (tertiary alicyclic amines) is 1. The van der Waals surface area contributed by atoms with E-state index >= 15 is 0 Å². The van der Waals surface area contributed by atoms with E-state index in [1.165, 1.54) is 10.9 Å². The van der Waals surface area contributed by atoms with Gasteiger partial charge in [0.25, 0.3) is 0 Å². The lowest BCUT2D eigenvalue weighted by Gasteiger charge is -2.32. The highest BCUT2D eigenvalue weighted by Gasteiger charge is 2.34. The first-order valence-electron chi connectivity index (χ1n) is 6.94. The second-order valence-electron chi connectivity index (χ2n) is 5.44. The van der Waals surface area contributed by atoms with Crippen molar-refractivity contribution in [3.63, 3.8) is 0 Å². The Morgan fingerprint density at radius 3 is 2.77 bits per heavy atom. The molecule has 1 atom stereocenters. The molecule has 0 radical (unpaired) electrons. The molecule has 2 rings (SSSR count). The van der Waals surface area contributed by atoms with Crippen LogP contribution in [-0.4, -0.2) is 55.5 Å². The monoisotopic (exact) mass is 340 g/mol. The van der Waals surface area contributed by atoms with Gasteiger partial charge in [0.2, 0.25) is 10.0 Å². The van der Waals surface area contributed by atoms with Crippen LogP contribution in [0.25, 0.3) is 0 Å². The predicted molar refractivity (Wildman–Crippen MR) is 74.8 cm³/mol. The molecule has 1 aromatic rings. The van der Waals surface area contributed by atoms with Crippen molar-refractivity contribution in [2.75, 3.05) is 32.4 Å². The summed E-state index contributed by atoms with van der Waals surface area (Å²) in [6, 6.07) is 0.854. The molecule has 1 N–H and O–H groups in total. The molecule has 1 fully saturated rings. The van der Waals surface area contributed by atoms with Crippen molar-refractivity contribution in [1.82, 2.24) is 19.4 Å². The van der Waals surface area contributed by atoms with E-state index < -0.39 is 21.9 Å². The third-order valence-electron chi connectivity index (χ3n) is 3.55. The summed E-state index contributed by atoms with van der Waals surface area (Å²) in [5.41, 5.74) is -0.886. The molecule has 1 saturated heterocycles. The molecule has 6 nitrogen and oxygen atoms in total. The van der Waals surface area contributed by atoms with Crippen LogP contribution in [0.4, 0.5) is 13.2 Å². The zero-order valence-electron chi connectivity index (χ0n) is 12.2. The molecule has 0 aromatic carbocycles. The minimum Gasteiger partial charge on any atom is -0.300 e. The topological polar surface area (TPSA) is 67.2 Å². The summed E-state index contributed by atoms with van der Waals surface area (Å²) in [5.74, 6) is 0. The van der Waals surface area contributed by atoms with E-state index in [9.17, 15) is 21.6 Å². The Morgan fingerprint density at radius 2 is 2.18 bits per heavy atom. The fourth-order valence-corrected chi connectivity index (χ4v) is 2.99. The molecule has 0 bridgehead atoms. The summed E-state index contributed by atoms with van der Waals surface area (Å²) in [6.45, 7) is 2.18. The van der Waals surface area contributed by atoms with Gasteiger partial charge in [0.05, 0.1) is 12.3 Å². The van der Waals surface area contributed by atoms with Gasteiger partial charge in [0, 0.05) is 25.8 Å². The van der Waals surface area contributed by atoms with Crippen LogP contribution >= 0.6 is 0 Å². The standard InChI is InChI=1S/C12H19F3N4O2S/c1-22(20,21)16-5-8-18-6-2-3-10(9-18)19-7-4-11(17-19)12(13,14)15/h4,7,10,16H,2-3,5-6,8-9H2,1H3/t10-/m0/s1. The molecule has 0 amide bonds. The second kappa shape index (κ2) is 6.55. The van der Waals surface area contributed by atoms with E-state index in [0.29, 0.717) is 19.6 Å². The first-order valence-corrected chi connectivity index (χ1v) is 8.83. The average molecular weight is 340 g/mol. The minimum atomic E-state index is -4.43. The first-order chi connectivity index (χ1) is 10.1. The van der Waals surface area contributed by atoms with Gasteiger partial charge in [0.1, 0.15) is 0 Å². The molecule has 2 heterocycles. The van der Waals surface area contributed by atoms with Crippen LogP contribution in [0.3, 0.4) is 0 Å². The van der Waals surface area contributed by atoms with Crippen LogP contribution in [0.1, 0.15) is 24.6 Å². The van der Waals surface area contributed by atoms with Crippen molar-refractivity contribution in [2.24, 2.45) is 0 Å². The fourth-order valence-electron chi connectivity index (χ4n) is 2.53. The van der Waals surface area contributed by atoms with Crippen molar-refractivity contribution >= 4 is 10.0 Å². The largest absolute Gasteiger partial charge is 0.435 e. The molecular weight excluding hydrogens is 321 g/mol. The number of piperidine rings is 1. The normalized spacial score (nSPS) is 21.2. The minimum absolute atomic E-state index is 0.122. The lowest BCUT2D eigenvalue weighted by atomic mass is 10.1. The summed E-state index contributed by atoms with van der Waals surface area (Å²) in [7, 11) is -3.22. The third-order valence-corrected chi connectivity index (χ3v) is 4.27. The summed E-state index contributed by atoms with van der Waals surface area (Å²) in [6.07, 6.45) is -0.390. The Kier molecular flexibility index (Phi) is 5.13. The number of aromatic nitrogens is 2. The van der Waals surface area contributed by atoms with Gasteiger partial charge in [-0.15, -0.1) is 0 Å². The molecule has 0 aliphatic carbocycles. The van der Waals surface area contributed by atoms with Gasteiger partial charge in [-0.05, 0) is 25.5 Å². The predicted octanol–water partition coefficient (Wildman–Crippen LogP) is 1.09. The SMILES string of the molecule is CS(=O)(=O)NCCN1CCC[C@H](n2ccc(C(F)(F)F)n2)C1.